The number of likely N-dealkylation sites (tertiary alicyclic amines) is 1. The van der Waals surface area contributed by atoms with E-state index in [1.54, 1.807) is 25.4 Å². The van der Waals surface area contributed by atoms with Crippen molar-refractivity contribution in [2.75, 3.05) is 26.7 Å². The van der Waals surface area contributed by atoms with Gasteiger partial charge in [-0.3, -0.25) is 9.79 Å². The van der Waals surface area contributed by atoms with Crippen molar-refractivity contribution in [3.05, 3.63) is 42.0 Å². The molecule has 2 heterocycles. The summed E-state index contributed by atoms with van der Waals surface area (Å²) in [7, 11) is 1.72. The number of aromatic nitrogens is 1. The molecule has 1 aromatic heterocycles. The second kappa shape index (κ2) is 11.1. The number of oxazole rings is 1. The molecule has 1 unspecified atom stereocenters. The number of amides is 1. The lowest BCUT2D eigenvalue weighted by Crippen LogP contribution is -2.45. The van der Waals surface area contributed by atoms with Gasteiger partial charge in [0.15, 0.2) is 5.96 Å². The van der Waals surface area contributed by atoms with E-state index in [0.717, 1.165) is 24.2 Å². The highest BCUT2D eigenvalue weighted by atomic mass is 127. The van der Waals surface area contributed by atoms with Crippen molar-refractivity contribution in [2.45, 2.75) is 32.2 Å². The van der Waals surface area contributed by atoms with Crippen molar-refractivity contribution in [1.29, 1.82) is 0 Å². The Bertz CT molecular complexity index is 825. The Labute approximate surface area is 187 Å². The molecule has 1 aliphatic rings. The van der Waals surface area contributed by atoms with Crippen molar-refractivity contribution in [3.8, 4) is 11.5 Å². The van der Waals surface area contributed by atoms with Gasteiger partial charge in [0.25, 0.3) is 0 Å². The molecule has 1 aromatic carbocycles. The number of carbonyl (C=O) groups excluding carboxylic acids is 1. The number of guanidine groups is 1. The number of rotatable bonds is 6. The lowest BCUT2D eigenvalue weighted by Gasteiger charge is -2.18. The smallest absolute Gasteiger partial charge is 0.226 e. The average Bonchev–Trinajstić information content (AvgIpc) is 3.37. The van der Waals surface area contributed by atoms with Gasteiger partial charge in [0.05, 0.1) is 5.69 Å². The summed E-state index contributed by atoms with van der Waals surface area (Å²) >= 11 is 0. The number of hydrogen-bond acceptors (Lipinski definition) is 4. The molecule has 0 radical (unpaired) electrons. The van der Waals surface area contributed by atoms with Gasteiger partial charge in [0, 0.05) is 51.1 Å². The number of hydrogen-bond donors (Lipinski definition) is 2. The zero-order chi connectivity index (χ0) is 19.9. The molecule has 0 saturated carbocycles. The van der Waals surface area contributed by atoms with E-state index in [4.69, 9.17) is 4.42 Å². The number of carbonyl (C=O) groups is 1. The molecule has 0 spiro atoms. The first kappa shape index (κ1) is 23.1. The third kappa shape index (κ3) is 6.41. The first-order valence-electron chi connectivity index (χ1n) is 9.54. The molecule has 2 aromatic rings. The van der Waals surface area contributed by atoms with Gasteiger partial charge in [-0.2, -0.15) is 0 Å². The summed E-state index contributed by atoms with van der Waals surface area (Å²) in [5, 5.41) is 6.63. The van der Waals surface area contributed by atoms with Gasteiger partial charge < -0.3 is 20.0 Å². The number of benzene rings is 1. The fourth-order valence-electron chi connectivity index (χ4n) is 3.17. The van der Waals surface area contributed by atoms with E-state index in [9.17, 15) is 9.18 Å². The van der Waals surface area contributed by atoms with Crippen LogP contribution >= 0.6 is 24.0 Å². The summed E-state index contributed by atoms with van der Waals surface area (Å²) < 4.78 is 18.5. The second-order valence-electron chi connectivity index (χ2n) is 6.72. The molecule has 0 bridgehead atoms. The molecule has 0 aliphatic carbocycles. The van der Waals surface area contributed by atoms with E-state index in [2.05, 4.69) is 20.6 Å². The Balaban J connectivity index is 0.00000300. The van der Waals surface area contributed by atoms with Crippen LogP contribution in [0.15, 0.2) is 39.9 Å². The molecule has 1 aliphatic heterocycles. The van der Waals surface area contributed by atoms with Crippen LogP contribution in [0.1, 0.15) is 25.5 Å². The molecule has 1 saturated heterocycles. The van der Waals surface area contributed by atoms with Crippen LogP contribution in [0, 0.1) is 5.82 Å². The monoisotopic (exact) mass is 515 g/mol. The Morgan fingerprint density at radius 1 is 1.38 bits per heavy atom. The summed E-state index contributed by atoms with van der Waals surface area (Å²) in [6.45, 7) is 4.01. The van der Waals surface area contributed by atoms with E-state index in [1.807, 2.05) is 11.8 Å². The molecule has 9 heteroatoms. The van der Waals surface area contributed by atoms with Gasteiger partial charge in [-0.1, -0.05) is 6.92 Å². The highest BCUT2D eigenvalue weighted by Crippen LogP contribution is 2.19. The number of halogens is 2. The van der Waals surface area contributed by atoms with Crippen molar-refractivity contribution in [1.82, 2.24) is 20.5 Å². The molecule has 3 rings (SSSR count). The van der Waals surface area contributed by atoms with Crippen LogP contribution in [0.5, 0.6) is 0 Å². The Hall–Kier alpha value is -2.17. The predicted molar refractivity (Wildman–Crippen MR) is 121 cm³/mol. The maximum absolute atomic E-state index is 13.0. The minimum Gasteiger partial charge on any atom is -0.444 e. The molecule has 1 amide bonds. The Morgan fingerprint density at radius 2 is 2.14 bits per heavy atom. The predicted octanol–water partition coefficient (Wildman–Crippen LogP) is 2.82. The average molecular weight is 515 g/mol. The van der Waals surface area contributed by atoms with E-state index in [0.29, 0.717) is 37.8 Å². The van der Waals surface area contributed by atoms with Gasteiger partial charge in [0.2, 0.25) is 11.8 Å². The lowest BCUT2D eigenvalue weighted by molar-refractivity contribution is -0.129. The molecule has 158 valence electrons. The quantitative estimate of drug-likeness (QED) is 0.352. The summed E-state index contributed by atoms with van der Waals surface area (Å²) in [5.41, 5.74) is 1.55. The normalized spacial score (nSPS) is 16.4. The molecule has 29 heavy (non-hydrogen) atoms. The Kier molecular flexibility index (Phi) is 8.87. The van der Waals surface area contributed by atoms with Gasteiger partial charge in [0.1, 0.15) is 12.1 Å². The van der Waals surface area contributed by atoms with Crippen LogP contribution in [0.2, 0.25) is 0 Å². The molecule has 2 N–H and O–H groups in total. The summed E-state index contributed by atoms with van der Waals surface area (Å²) in [6, 6.07) is 6.26. The molecular weight excluding hydrogens is 488 g/mol. The van der Waals surface area contributed by atoms with Crippen LogP contribution < -0.4 is 10.6 Å². The number of nitrogens with one attached hydrogen (secondary N) is 2. The van der Waals surface area contributed by atoms with Gasteiger partial charge >= 0.3 is 0 Å². The summed E-state index contributed by atoms with van der Waals surface area (Å²) in [5.74, 6) is 1.08. The number of aliphatic imine (C=N–C) groups is 1. The molecule has 1 atom stereocenters. The standard InChI is InChI=1S/C20H26FN5O2.HI/c1-3-18(27)26-11-9-16(12-26)25-20(22-2)23-10-8-17-13-28-19(24-17)14-4-6-15(21)7-5-14;/h4-7,13,16H,3,8-12H2,1-2H3,(H2,22,23,25);1H. The fourth-order valence-corrected chi connectivity index (χ4v) is 3.17. The number of nitrogens with zero attached hydrogens (tertiary/aromatic N) is 3. The SMILES string of the molecule is CCC(=O)N1CCC(NC(=NC)NCCc2coc(-c3ccc(F)cc3)n2)C1.I. The minimum absolute atomic E-state index is 0. The summed E-state index contributed by atoms with van der Waals surface area (Å²) in [4.78, 5) is 22.4. The van der Waals surface area contributed by atoms with Gasteiger partial charge in [-0.15, -0.1) is 24.0 Å². The first-order chi connectivity index (χ1) is 13.6. The topological polar surface area (TPSA) is 82.8 Å². The van der Waals surface area contributed by atoms with Crippen LogP contribution in [-0.2, 0) is 11.2 Å². The molecular formula is C20H27FIN5O2. The third-order valence-electron chi connectivity index (χ3n) is 4.72. The second-order valence-corrected chi connectivity index (χ2v) is 6.72. The highest BCUT2D eigenvalue weighted by molar-refractivity contribution is 14.0. The zero-order valence-corrected chi connectivity index (χ0v) is 19.0. The fraction of sp³-hybridized carbons (Fsp3) is 0.450. The Morgan fingerprint density at radius 3 is 2.83 bits per heavy atom. The van der Waals surface area contributed by atoms with E-state index >= 15 is 0 Å². The first-order valence-corrected chi connectivity index (χ1v) is 9.54. The van der Waals surface area contributed by atoms with Crippen molar-refractivity contribution >= 4 is 35.8 Å². The summed E-state index contributed by atoms with van der Waals surface area (Å²) in [6.07, 6.45) is 3.73. The molecule has 1 fully saturated rings. The lowest BCUT2D eigenvalue weighted by atomic mass is 10.2. The largest absolute Gasteiger partial charge is 0.444 e. The van der Waals surface area contributed by atoms with E-state index in [-0.39, 0.29) is 41.7 Å². The van der Waals surface area contributed by atoms with Crippen LogP contribution in [0.4, 0.5) is 4.39 Å². The van der Waals surface area contributed by atoms with E-state index < -0.39 is 0 Å². The van der Waals surface area contributed by atoms with E-state index in [1.165, 1.54) is 12.1 Å². The zero-order valence-electron chi connectivity index (χ0n) is 16.7. The van der Waals surface area contributed by atoms with Crippen LogP contribution in [-0.4, -0.2) is 54.5 Å². The van der Waals surface area contributed by atoms with Crippen LogP contribution in [0.3, 0.4) is 0 Å². The maximum Gasteiger partial charge on any atom is 0.226 e. The van der Waals surface area contributed by atoms with Crippen LogP contribution in [0.25, 0.3) is 11.5 Å². The van der Waals surface area contributed by atoms with Crippen molar-refractivity contribution < 1.29 is 13.6 Å². The highest BCUT2D eigenvalue weighted by Gasteiger charge is 2.25. The van der Waals surface area contributed by atoms with Crippen molar-refractivity contribution in [3.63, 3.8) is 0 Å². The third-order valence-corrected chi connectivity index (χ3v) is 4.72. The molecule has 7 nitrogen and oxygen atoms in total. The van der Waals surface area contributed by atoms with Gasteiger partial charge in [-0.25, -0.2) is 9.37 Å². The van der Waals surface area contributed by atoms with Gasteiger partial charge in [-0.05, 0) is 30.7 Å². The minimum atomic E-state index is -0.289. The maximum atomic E-state index is 13.0. The van der Waals surface area contributed by atoms with Crippen molar-refractivity contribution in [2.24, 2.45) is 4.99 Å².